The first-order chi connectivity index (χ1) is 7.38. The number of amides is 2. The van der Waals surface area contributed by atoms with E-state index in [9.17, 15) is 14.4 Å². The molecule has 0 aliphatic rings. The molecule has 0 heterocycles. The van der Waals surface area contributed by atoms with Crippen LogP contribution < -0.4 is 10.6 Å². The zero-order valence-electron chi connectivity index (χ0n) is 9.11. The molecule has 0 aromatic rings. The van der Waals surface area contributed by atoms with Gasteiger partial charge in [-0.3, -0.25) is 9.59 Å². The van der Waals surface area contributed by atoms with Gasteiger partial charge >= 0.3 is 5.97 Å². The lowest BCUT2D eigenvalue weighted by molar-refractivity contribution is -0.142. The third kappa shape index (κ3) is 5.00. The lowest BCUT2D eigenvalue weighted by atomic mass is 10.2. The molecule has 2 unspecified atom stereocenters. The second-order valence-corrected chi connectivity index (χ2v) is 3.23. The van der Waals surface area contributed by atoms with Gasteiger partial charge in [-0.1, -0.05) is 0 Å². The Labute approximate surface area is 93.4 Å². The van der Waals surface area contributed by atoms with E-state index in [0.717, 1.165) is 0 Å². The number of rotatable bonds is 5. The molecule has 0 aliphatic carbocycles. The minimum atomic E-state index is -1.21. The quantitative estimate of drug-likeness (QED) is 0.529. The van der Waals surface area contributed by atoms with E-state index in [1.54, 1.807) is 0 Å². The second kappa shape index (κ2) is 6.45. The number of carboxylic acid groups (broad SMARTS) is 1. The summed E-state index contributed by atoms with van der Waals surface area (Å²) in [5.74, 6) is -0.0101. The van der Waals surface area contributed by atoms with Crippen molar-refractivity contribution < 1.29 is 19.5 Å². The van der Waals surface area contributed by atoms with E-state index in [4.69, 9.17) is 11.5 Å². The van der Waals surface area contributed by atoms with Crippen LogP contribution in [0.3, 0.4) is 0 Å². The Morgan fingerprint density at radius 1 is 1.38 bits per heavy atom. The summed E-state index contributed by atoms with van der Waals surface area (Å²) in [5.41, 5.74) is 0. The molecule has 3 N–H and O–H groups in total. The van der Waals surface area contributed by atoms with Crippen molar-refractivity contribution in [3.05, 3.63) is 0 Å². The molecule has 2 amide bonds. The van der Waals surface area contributed by atoms with Crippen LogP contribution in [0.2, 0.25) is 0 Å². The van der Waals surface area contributed by atoms with Crippen LogP contribution >= 0.6 is 0 Å². The number of nitrogens with one attached hydrogen (secondary N) is 2. The van der Waals surface area contributed by atoms with Crippen LogP contribution in [0.1, 0.15) is 20.3 Å². The molecule has 6 nitrogen and oxygen atoms in total. The molecular formula is C10H14N2O4. The van der Waals surface area contributed by atoms with E-state index in [2.05, 4.69) is 16.6 Å². The van der Waals surface area contributed by atoms with E-state index in [0.29, 0.717) is 0 Å². The Kier molecular flexibility index (Phi) is 5.63. The monoisotopic (exact) mass is 226 g/mol. The van der Waals surface area contributed by atoms with Crippen molar-refractivity contribution in [2.24, 2.45) is 0 Å². The maximum Gasteiger partial charge on any atom is 0.327 e. The van der Waals surface area contributed by atoms with Crippen molar-refractivity contribution in [2.75, 3.05) is 0 Å². The highest BCUT2D eigenvalue weighted by Gasteiger charge is 2.22. The molecule has 0 saturated heterocycles. The van der Waals surface area contributed by atoms with Crippen molar-refractivity contribution in [2.45, 2.75) is 32.4 Å². The number of hydrogen-bond donors (Lipinski definition) is 3. The molecule has 0 spiro atoms. The Morgan fingerprint density at radius 3 is 2.31 bits per heavy atom. The maximum atomic E-state index is 11.4. The molecule has 0 saturated carbocycles. The van der Waals surface area contributed by atoms with Gasteiger partial charge in [0.2, 0.25) is 11.8 Å². The van der Waals surface area contributed by atoms with E-state index >= 15 is 0 Å². The Balaban J connectivity index is 4.35. The topological polar surface area (TPSA) is 95.5 Å². The molecule has 88 valence electrons. The first kappa shape index (κ1) is 14.0. The average Bonchev–Trinajstić information content (AvgIpc) is 2.15. The highest BCUT2D eigenvalue weighted by molar-refractivity contribution is 5.89. The van der Waals surface area contributed by atoms with Gasteiger partial charge in [-0.25, -0.2) is 4.79 Å². The highest BCUT2D eigenvalue weighted by atomic mass is 16.4. The van der Waals surface area contributed by atoms with Crippen LogP contribution in [0.4, 0.5) is 0 Å². The van der Waals surface area contributed by atoms with Crippen molar-refractivity contribution in [3.8, 4) is 12.3 Å². The summed E-state index contributed by atoms with van der Waals surface area (Å²) in [6.45, 7) is 2.71. The van der Waals surface area contributed by atoms with Gasteiger partial charge in [-0.15, -0.1) is 12.3 Å². The molecule has 0 radical (unpaired) electrons. The van der Waals surface area contributed by atoms with Crippen molar-refractivity contribution >= 4 is 17.8 Å². The molecule has 0 aliphatic heterocycles. The fraction of sp³-hybridized carbons (Fsp3) is 0.500. The van der Waals surface area contributed by atoms with Gasteiger partial charge in [0.25, 0.3) is 0 Å². The van der Waals surface area contributed by atoms with Crippen LogP contribution in [0.25, 0.3) is 0 Å². The van der Waals surface area contributed by atoms with Crippen LogP contribution in [0.15, 0.2) is 0 Å². The molecule has 2 atom stereocenters. The second-order valence-electron chi connectivity index (χ2n) is 3.23. The third-order valence-corrected chi connectivity index (χ3v) is 1.75. The smallest absolute Gasteiger partial charge is 0.327 e. The van der Waals surface area contributed by atoms with Crippen LogP contribution in [-0.2, 0) is 14.4 Å². The number of aliphatic carboxylic acids is 1. The number of hydrogen-bond acceptors (Lipinski definition) is 3. The first-order valence-corrected chi connectivity index (χ1v) is 4.62. The van der Waals surface area contributed by atoms with Crippen molar-refractivity contribution in [3.63, 3.8) is 0 Å². The summed E-state index contributed by atoms with van der Waals surface area (Å²) < 4.78 is 0. The molecule has 6 heteroatoms. The number of carboxylic acids is 1. The lowest BCUT2D eigenvalue weighted by Gasteiger charge is -2.16. The van der Waals surface area contributed by atoms with E-state index in [1.807, 2.05) is 0 Å². The number of terminal acetylenes is 1. The molecular weight excluding hydrogens is 212 g/mol. The summed E-state index contributed by atoms with van der Waals surface area (Å²) in [4.78, 5) is 32.7. The zero-order chi connectivity index (χ0) is 12.7. The minimum absolute atomic E-state index is 0.103. The fourth-order valence-corrected chi connectivity index (χ4v) is 0.985. The van der Waals surface area contributed by atoms with Crippen LogP contribution in [0, 0.1) is 12.3 Å². The minimum Gasteiger partial charge on any atom is -0.480 e. The van der Waals surface area contributed by atoms with Gasteiger partial charge in [0, 0.05) is 13.3 Å². The summed E-state index contributed by atoms with van der Waals surface area (Å²) in [7, 11) is 0. The first-order valence-electron chi connectivity index (χ1n) is 4.62. The lowest BCUT2D eigenvalue weighted by Crippen LogP contribution is -2.49. The number of carbonyl (C=O) groups excluding carboxylic acids is 2. The normalized spacial score (nSPS) is 13.1. The summed E-state index contributed by atoms with van der Waals surface area (Å²) >= 11 is 0. The predicted molar refractivity (Wildman–Crippen MR) is 56.3 cm³/mol. The van der Waals surface area contributed by atoms with E-state index < -0.39 is 24.0 Å². The Hall–Kier alpha value is -2.03. The molecule has 16 heavy (non-hydrogen) atoms. The van der Waals surface area contributed by atoms with Crippen molar-refractivity contribution in [1.82, 2.24) is 10.6 Å². The van der Waals surface area contributed by atoms with Gasteiger partial charge in [-0.2, -0.15) is 0 Å². The van der Waals surface area contributed by atoms with Gasteiger partial charge in [0.1, 0.15) is 12.1 Å². The SMILES string of the molecule is C#CCC(NC(=O)C(C)NC(C)=O)C(=O)O. The average molecular weight is 226 g/mol. The zero-order valence-corrected chi connectivity index (χ0v) is 9.11. The highest BCUT2D eigenvalue weighted by Crippen LogP contribution is 1.93. The Morgan fingerprint density at radius 2 is 1.94 bits per heavy atom. The van der Waals surface area contributed by atoms with Gasteiger partial charge in [-0.05, 0) is 6.92 Å². The third-order valence-electron chi connectivity index (χ3n) is 1.75. The standard InChI is InChI=1S/C10H14N2O4/c1-4-5-8(10(15)16)12-9(14)6(2)11-7(3)13/h1,6,8H,5H2,2-3H3,(H,11,13)(H,12,14)(H,15,16). The van der Waals surface area contributed by atoms with E-state index in [-0.39, 0.29) is 12.3 Å². The summed E-state index contributed by atoms with van der Waals surface area (Å²) in [5, 5.41) is 13.3. The molecule has 0 bridgehead atoms. The number of carbonyl (C=O) groups is 3. The molecule has 0 rings (SSSR count). The van der Waals surface area contributed by atoms with E-state index in [1.165, 1.54) is 13.8 Å². The maximum absolute atomic E-state index is 11.4. The van der Waals surface area contributed by atoms with Gasteiger partial charge < -0.3 is 15.7 Å². The molecule has 0 fully saturated rings. The van der Waals surface area contributed by atoms with Crippen LogP contribution in [-0.4, -0.2) is 35.0 Å². The summed E-state index contributed by atoms with van der Waals surface area (Å²) in [6, 6.07) is -1.93. The van der Waals surface area contributed by atoms with Gasteiger partial charge in [0.15, 0.2) is 0 Å². The fourth-order valence-electron chi connectivity index (χ4n) is 0.985. The molecule has 0 aromatic carbocycles. The molecule has 0 aromatic heterocycles. The Bertz CT molecular complexity index is 332. The largest absolute Gasteiger partial charge is 0.480 e. The van der Waals surface area contributed by atoms with Crippen molar-refractivity contribution in [1.29, 1.82) is 0 Å². The predicted octanol–water partition coefficient (Wildman–Crippen LogP) is -0.896. The summed E-state index contributed by atoms with van der Waals surface area (Å²) in [6.07, 6.45) is 4.86. The van der Waals surface area contributed by atoms with Gasteiger partial charge in [0.05, 0.1) is 0 Å². The van der Waals surface area contributed by atoms with Crippen LogP contribution in [0.5, 0.6) is 0 Å².